The van der Waals surface area contributed by atoms with E-state index in [1.165, 1.54) is 37.7 Å². The lowest BCUT2D eigenvalue weighted by Crippen LogP contribution is -2.35. The van der Waals surface area contributed by atoms with Crippen LogP contribution < -0.4 is 5.32 Å². The Morgan fingerprint density at radius 2 is 2.00 bits per heavy atom. The first-order chi connectivity index (χ1) is 9.74. The van der Waals surface area contributed by atoms with E-state index in [1.807, 2.05) is 0 Å². The van der Waals surface area contributed by atoms with Crippen LogP contribution in [0.4, 0.5) is 0 Å². The fraction of sp³-hybridized carbons (Fsp3) is 0.667. The normalized spacial score (nSPS) is 17.9. The van der Waals surface area contributed by atoms with Gasteiger partial charge in [0.05, 0.1) is 6.61 Å². The second-order valence-electron chi connectivity index (χ2n) is 6.44. The van der Waals surface area contributed by atoms with Crippen LogP contribution in [-0.2, 0) is 11.2 Å². The Labute approximate surface area is 123 Å². The summed E-state index contributed by atoms with van der Waals surface area (Å²) in [5.74, 6) is 0.938. The van der Waals surface area contributed by atoms with Crippen LogP contribution in [0, 0.1) is 11.3 Å². The largest absolute Gasteiger partial charge is 0.383 e. The van der Waals surface area contributed by atoms with Gasteiger partial charge in [0.15, 0.2) is 0 Å². The summed E-state index contributed by atoms with van der Waals surface area (Å²) in [5, 5.41) is 3.57. The molecule has 2 nitrogen and oxygen atoms in total. The molecule has 1 unspecified atom stereocenters. The van der Waals surface area contributed by atoms with E-state index in [-0.39, 0.29) is 0 Å². The van der Waals surface area contributed by atoms with Gasteiger partial charge in [-0.1, -0.05) is 37.3 Å². The average molecular weight is 275 g/mol. The smallest absolute Gasteiger partial charge is 0.0587 e. The molecule has 1 aliphatic carbocycles. The summed E-state index contributed by atoms with van der Waals surface area (Å²) in [7, 11) is 1.77. The molecule has 0 amide bonds. The fourth-order valence-electron chi connectivity index (χ4n) is 3.11. The van der Waals surface area contributed by atoms with Gasteiger partial charge in [-0.3, -0.25) is 0 Å². The van der Waals surface area contributed by atoms with E-state index in [4.69, 9.17) is 4.74 Å². The van der Waals surface area contributed by atoms with Gasteiger partial charge in [-0.2, -0.15) is 0 Å². The molecule has 0 heterocycles. The van der Waals surface area contributed by atoms with Crippen molar-refractivity contribution in [2.24, 2.45) is 11.3 Å². The van der Waals surface area contributed by atoms with Crippen LogP contribution in [0.1, 0.15) is 38.2 Å². The van der Waals surface area contributed by atoms with Gasteiger partial charge in [0.2, 0.25) is 0 Å². The van der Waals surface area contributed by atoms with E-state index in [0.29, 0.717) is 5.41 Å². The lowest BCUT2D eigenvalue weighted by atomic mass is 9.79. The van der Waals surface area contributed by atoms with E-state index in [0.717, 1.165) is 25.6 Å². The molecule has 0 aliphatic heterocycles. The molecule has 0 radical (unpaired) electrons. The average Bonchev–Trinajstić information content (AvgIpc) is 3.30. The Kier molecular flexibility index (Phi) is 6.06. The number of hydrogen-bond acceptors (Lipinski definition) is 2. The maximum absolute atomic E-state index is 5.11. The second-order valence-corrected chi connectivity index (χ2v) is 6.44. The van der Waals surface area contributed by atoms with Crippen molar-refractivity contribution in [3.8, 4) is 0 Å². The molecule has 1 saturated carbocycles. The summed E-state index contributed by atoms with van der Waals surface area (Å²) in [4.78, 5) is 0. The SMILES string of the molecule is COCCNCC(C)(CCCc1ccccc1)C1CC1. The third-order valence-electron chi connectivity index (χ3n) is 4.63. The van der Waals surface area contributed by atoms with Crippen molar-refractivity contribution in [1.29, 1.82) is 0 Å². The highest BCUT2D eigenvalue weighted by Crippen LogP contribution is 2.47. The van der Waals surface area contributed by atoms with Gasteiger partial charge in [0, 0.05) is 20.2 Å². The monoisotopic (exact) mass is 275 g/mol. The summed E-state index contributed by atoms with van der Waals surface area (Å²) in [6.07, 6.45) is 6.68. The molecular weight excluding hydrogens is 246 g/mol. The first-order valence-electron chi connectivity index (χ1n) is 7.98. The van der Waals surface area contributed by atoms with Crippen LogP contribution in [0.5, 0.6) is 0 Å². The second kappa shape index (κ2) is 7.80. The highest BCUT2D eigenvalue weighted by molar-refractivity contribution is 5.14. The van der Waals surface area contributed by atoms with Crippen molar-refractivity contribution < 1.29 is 4.74 Å². The number of benzene rings is 1. The summed E-state index contributed by atoms with van der Waals surface area (Å²) in [6, 6.07) is 10.9. The number of methoxy groups -OCH3 is 1. The zero-order valence-electron chi connectivity index (χ0n) is 13.0. The van der Waals surface area contributed by atoms with E-state index in [2.05, 4.69) is 42.6 Å². The predicted octanol–water partition coefficient (Wildman–Crippen LogP) is 3.66. The number of hydrogen-bond donors (Lipinski definition) is 1. The van der Waals surface area contributed by atoms with Crippen molar-refractivity contribution in [3.63, 3.8) is 0 Å². The van der Waals surface area contributed by atoms with Crippen molar-refractivity contribution in [2.45, 2.75) is 39.0 Å². The Balaban J connectivity index is 1.74. The minimum Gasteiger partial charge on any atom is -0.383 e. The van der Waals surface area contributed by atoms with Crippen LogP contribution in [0.3, 0.4) is 0 Å². The predicted molar refractivity (Wildman–Crippen MR) is 85.0 cm³/mol. The van der Waals surface area contributed by atoms with Gasteiger partial charge >= 0.3 is 0 Å². The molecule has 0 saturated heterocycles. The van der Waals surface area contributed by atoms with E-state index < -0.39 is 0 Å². The number of aryl methyl sites for hydroxylation is 1. The van der Waals surface area contributed by atoms with Gasteiger partial charge in [-0.25, -0.2) is 0 Å². The maximum atomic E-state index is 5.11. The molecule has 1 N–H and O–H groups in total. The molecule has 112 valence electrons. The minimum absolute atomic E-state index is 0.475. The van der Waals surface area contributed by atoms with E-state index in [9.17, 15) is 0 Å². The zero-order valence-corrected chi connectivity index (χ0v) is 13.0. The third kappa shape index (κ3) is 4.92. The molecule has 2 heteroatoms. The van der Waals surface area contributed by atoms with Crippen molar-refractivity contribution in [2.75, 3.05) is 26.8 Å². The van der Waals surface area contributed by atoms with Crippen LogP contribution in [-0.4, -0.2) is 26.8 Å². The van der Waals surface area contributed by atoms with Crippen LogP contribution in [0.15, 0.2) is 30.3 Å². The fourth-order valence-corrected chi connectivity index (χ4v) is 3.11. The van der Waals surface area contributed by atoms with Gasteiger partial charge in [-0.05, 0) is 49.0 Å². The molecule has 1 aliphatic rings. The molecule has 0 aromatic heterocycles. The summed E-state index contributed by atoms with van der Waals surface area (Å²) >= 11 is 0. The molecule has 1 atom stereocenters. The van der Waals surface area contributed by atoms with Crippen molar-refractivity contribution in [3.05, 3.63) is 35.9 Å². The van der Waals surface area contributed by atoms with Crippen molar-refractivity contribution >= 4 is 0 Å². The maximum Gasteiger partial charge on any atom is 0.0587 e. The van der Waals surface area contributed by atoms with Gasteiger partial charge in [0.25, 0.3) is 0 Å². The highest BCUT2D eigenvalue weighted by Gasteiger charge is 2.40. The quantitative estimate of drug-likeness (QED) is 0.658. The van der Waals surface area contributed by atoms with E-state index in [1.54, 1.807) is 7.11 Å². The molecule has 0 bridgehead atoms. The minimum atomic E-state index is 0.475. The van der Waals surface area contributed by atoms with Gasteiger partial charge in [0.1, 0.15) is 0 Å². The molecule has 2 rings (SSSR count). The Hall–Kier alpha value is -0.860. The van der Waals surface area contributed by atoms with Gasteiger partial charge < -0.3 is 10.1 Å². The molecule has 1 fully saturated rings. The van der Waals surface area contributed by atoms with Crippen molar-refractivity contribution in [1.82, 2.24) is 5.32 Å². The molecular formula is C18H29NO. The molecule has 1 aromatic rings. The number of ether oxygens (including phenoxy) is 1. The molecule has 1 aromatic carbocycles. The van der Waals surface area contributed by atoms with Gasteiger partial charge in [-0.15, -0.1) is 0 Å². The standard InChI is InChI=1S/C18H29NO/c1-18(17-10-11-17,15-19-13-14-20-2)12-6-9-16-7-4-3-5-8-16/h3-5,7-8,17,19H,6,9-15H2,1-2H3. The van der Waals surface area contributed by atoms with Crippen LogP contribution >= 0.6 is 0 Å². The van der Waals surface area contributed by atoms with Crippen LogP contribution in [0.25, 0.3) is 0 Å². The third-order valence-corrected chi connectivity index (χ3v) is 4.63. The lowest BCUT2D eigenvalue weighted by Gasteiger charge is -2.30. The summed E-state index contributed by atoms with van der Waals surface area (Å²) in [5.41, 5.74) is 1.95. The Morgan fingerprint density at radius 1 is 1.25 bits per heavy atom. The topological polar surface area (TPSA) is 21.3 Å². The summed E-state index contributed by atoms with van der Waals surface area (Å²) < 4.78 is 5.11. The Bertz CT molecular complexity index is 374. The highest BCUT2D eigenvalue weighted by atomic mass is 16.5. The first-order valence-corrected chi connectivity index (χ1v) is 7.98. The first kappa shape index (κ1) is 15.5. The number of rotatable bonds is 10. The van der Waals surface area contributed by atoms with E-state index >= 15 is 0 Å². The number of nitrogens with one attached hydrogen (secondary N) is 1. The summed E-state index contributed by atoms with van der Waals surface area (Å²) in [6.45, 7) is 5.38. The molecule has 20 heavy (non-hydrogen) atoms. The molecule has 0 spiro atoms. The van der Waals surface area contributed by atoms with Crippen LogP contribution in [0.2, 0.25) is 0 Å². The Morgan fingerprint density at radius 3 is 2.65 bits per heavy atom. The lowest BCUT2D eigenvalue weighted by molar-refractivity contribution is 0.182. The zero-order chi connectivity index (χ0) is 14.3.